The summed E-state index contributed by atoms with van der Waals surface area (Å²) in [6.45, 7) is 1.39. The van der Waals surface area contributed by atoms with Crippen LogP contribution in [0.2, 0.25) is 0 Å². The molecule has 0 fully saturated rings. The molecule has 0 bridgehead atoms. The Kier molecular flexibility index (Phi) is 5.00. The number of ether oxygens (including phenoxy) is 2. The first-order valence-electron chi connectivity index (χ1n) is 7.42. The zero-order chi connectivity index (χ0) is 16.2. The van der Waals surface area contributed by atoms with Gasteiger partial charge in [0, 0.05) is 11.8 Å². The topological polar surface area (TPSA) is 55.8 Å². The molecule has 0 radical (unpaired) electrons. The molecule has 0 spiro atoms. The molecule has 0 aromatic heterocycles. The van der Waals surface area contributed by atoms with Gasteiger partial charge in [-0.15, -0.1) is 0 Å². The molecule has 0 amide bonds. The molecule has 1 aliphatic rings. The highest BCUT2D eigenvalue weighted by atomic mass is 32.2. The fourth-order valence-electron chi connectivity index (χ4n) is 2.41. The predicted octanol–water partition coefficient (Wildman–Crippen LogP) is 3.14. The smallest absolute Gasteiger partial charge is 0.302 e. The van der Waals surface area contributed by atoms with Crippen molar-refractivity contribution in [2.45, 2.75) is 29.5 Å². The molecule has 1 N–H and O–H groups in total. The Bertz CT molecular complexity index is 728. The summed E-state index contributed by atoms with van der Waals surface area (Å²) in [5.74, 6) is -0.380. The van der Waals surface area contributed by atoms with E-state index in [0.29, 0.717) is 0 Å². The molecule has 2 aromatic rings. The van der Waals surface area contributed by atoms with Gasteiger partial charge in [-0.2, -0.15) is 0 Å². The quantitative estimate of drug-likeness (QED) is 0.689. The number of aliphatic hydroxyl groups excluding tert-OH is 1. The highest BCUT2D eigenvalue weighted by Gasteiger charge is 2.27. The summed E-state index contributed by atoms with van der Waals surface area (Å²) in [7, 11) is 0. The molecular formula is C18H18O4S. The molecule has 1 heterocycles. The Morgan fingerprint density at radius 3 is 2.78 bits per heavy atom. The Balaban J connectivity index is 1.68. The minimum absolute atomic E-state index is 0.0512. The normalized spacial score (nSPS) is 23.8. The van der Waals surface area contributed by atoms with Crippen molar-refractivity contribution in [3.63, 3.8) is 0 Å². The van der Waals surface area contributed by atoms with Gasteiger partial charge in [0.1, 0.15) is 24.3 Å². The molecule has 0 saturated carbocycles. The lowest BCUT2D eigenvalue weighted by Crippen LogP contribution is -2.38. The van der Waals surface area contributed by atoms with Gasteiger partial charge in [-0.05, 0) is 29.0 Å². The minimum atomic E-state index is -0.761. The molecule has 2 aromatic carbocycles. The van der Waals surface area contributed by atoms with Crippen molar-refractivity contribution in [3.8, 4) is 0 Å². The third kappa shape index (κ3) is 4.13. The molecule has 0 saturated heterocycles. The number of hydrogen-bond donors (Lipinski definition) is 1. The molecule has 0 aliphatic carbocycles. The Morgan fingerprint density at radius 1 is 1.22 bits per heavy atom. The van der Waals surface area contributed by atoms with Gasteiger partial charge in [0.15, 0.2) is 0 Å². The van der Waals surface area contributed by atoms with Crippen LogP contribution in [0.5, 0.6) is 0 Å². The van der Waals surface area contributed by atoms with Crippen molar-refractivity contribution in [1.29, 1.82) is 0 Å². The minimum Gasteiger partial charge on any atom is -0.463 e. The monoisotopic (exact) mass is 330 g/mol. The maximum absolute atomic E-state index is 10.9. The van der Waals surface area contributed by atoms with Crippen LogP contribution >= 0.6 is 11.8 Å². The SMILES string of the molecule is CC(=O)OC[C@H]1O[C@@H](Sc2ccc3ccccc3c2)C=C[C@H]1O. The van der Waals surface area contributed by atoms with E-state index in [1.54, 1.807) is 17.8 Å². The third-order valence-electron chi connectivity index (χ3n) is 3.58. The zero-order valence-electron chi connectivity index (χ0n) is 12.7. The Morgan fingerprint density at radius 2 is 2.00 bits per heavy atom. The highest BCUT2D eigenvalue weighted by Crippen LogP contribution is 2.31. The van der Waals surface area contributed by atoms with Gasteiger partial charge in [-0.25, -0.2) is 0 Å². The van der Waals surface area contributed by atoms with Crippen LogP contribution in [0.1, 0.15) is 6.92 Å². The second kappa shape index (κ2) is 7.17. The summed E-state index contributed by atoms with van der Waals surface area (Å²) in [4.78, 5) is 12.0. The predicted molar refractivity (Wildman–Crippen MR) is 90.2 cm³/mol. The van der Waals surface area contributed by atoms with Gasteiger partial charge in [0.05, 0.1) is 0 Å². The van der Waals surface area contributed by atoms with Crippen molar-refractivity contribution in [2.24, 2.45) is 0 Å². The molecule has 5 heteroatoms. The number of thioether (sulfide) groups is 1. The summed E-state index contributed by atoms with van der Waals surface area (Å²) in [5, 5.41) is 12.3. The van der Waals surface area contributed by atoms with E-state index in [1.165, 1.54) is 17.7 Å². The van der Waals surface area contributed by atoms with Gasteiger partial charge in [-0.3, -0.25) is 4.79 Å². The van der Waals surface area contributed by atoms with E-state index in [0.717, 1.165) is 4.90 Å². The largest absolute Gasteiger partial charge is 0.463 e. The lowest BCUT2D eigenvalue weighted by molar-refractivity contribution is -0.148. The van der Waals surface area contributed by atoms with Crippen LogP contribution in [0.15, 0.2) is 59.5 Å². The van der Waals surface area contributed by atoms with Gasteiger partial charge in [0.25, 0.3) is 0 Å². The van der Waals surface area contributed by atoms with E-state index in [4.69, 9.17) is 9.47 Å². The van der Waals surface area contributed by atoms with E-state index in [2.05, 4.69) is 30.3 Å². The standard InChI is InChI=1S/C18H18O4S/c1-12(19)21-11-17-16(20)8-9-18(22-17)23-15-7-6-13-4-2-3-5-14(13)10-15/h2-10,16-18,20H,11H2,1H3/t16-,17-,18+/m1/s1. The summed E-state index contributed by atoms with van der Waals surface area (Å²) in [6.07, 6.45) is 2.22. The first-order chi connectivity index (χ1) is 11.1. The van der Waals surface area contributed by atoms with E-state index in [9.17, 15) is 9.90 Å². The maximum Gasteiger partial charge on any atom is 0.302 e. The summed E-state index contributed by atoms with van der Waals surface area (Å²) >= 11 is 1.56. The van der Waals surface area contributed by atoms with Crippen molar-refractivity contribution in [1.82, 2.24) is 0 Å². The molecule has 0 unspecified atom stereocenters. The second-order valence-electron chi connectivity index (χ2n) is 5.35. The van der Waals surface area contributed by atoms with Crippen molar-refractivity contribution in [3.05, 3.63) is 54.6 Å². The molecule has 4 nitrogen and oxygen atoms in total. The van der Waals surface area contributed by atoms with E-state index < -0.39 is 12.2 Å². The van der Waals surface area contributed by atoms with Crippen LogP contribution in [0.4, 0.5) is 0 Å². The third-order valence-corrected chi connectivity index (χ3v) is 4.61. The number of esters is 1. The average molecular weight is 330 g/mol. The first kappa shape index (κ1) is 16.1. The number of fused-ring (bicyclic) bond motifs is 1. The fraction of sp³-hybridized carbons (Fsp3) is 0.278. The summed E-state index contributed by atoms with van der Waals surface area (Å²) < 4.78 is 10.8. The fourth-order valence-corrected chi connectivity index (χ4v) is 3.38. The number of benzene rings is 2. The van der Waals surface area contributed by atoms with Crippen molar-refractivity contribution < 1.29 is 19.4 Å². The lowest BCUT2D eigenvalue weighted by Gasteiger charge is -2.28. The van der Waals surface area contributed by atoms with Gasteiger partial charge in [0.2, 0.25) is 0 Å². The van der Waals surface area contributed by atoms with E-state index >= 15 is 0 Å². The van der Waals surface area contributed by atoms with Crippen molar-refractivity contribution in [2.75, 3.05) is 6.61 Å². The second-order valence-corrected chi connectivity index (χ2v) is 6.52. The maximum atomic E-state index is 10.9. The molecule has 23 heavy (non-hydrogen) atoms. The highest BCUT2D eigenvalue weighted by molar-refractivity contribution is 8.00. The van der Waals surface area contributed by atoms with Crippen LogP contribution in [0.3, 0.4) is 0 Å². The van der Waals surface area contributed by atoms with Crippen LogP contribution in [-0.4, -0.2) is 35.3 Å². The van der Waals surface area contributed by atoms with Crippen LogP contribution in [0.25, 0.3) is 10.8 Å². The Hall–Kier alpha value is -1.82. The van der Waals surface area contributed by atoms with Crippen LogP contribution < -0.4 is 0 Å². The van der Waals surface area contributed by atoms with Gasteiger partial charge in [-0.1, -0.05) is 48.2 Å². The molecule has 3 atom stereocenters. The van der Waals surface area contributed by atoms with Crippen LogP contribution in [0, 0.1) is 0 Å². The van der Waals surface area contributed by atoms with Crippen molar-refractivity contribution >= 4 is 28.5 Å². The van der Waals surface area contributed by atoms with E-state index in [1.807, 2.05) is 18.2 Å². The summed E-state index contributed by atoms with van der Waals surface area (Å²) in [5.41, 5.74) is -0.222. The summed E-state index contributed by atoms with van der Waals surface area (Å²) in [6, 6.07) is 14.4. The van der Waals surface area contributed by atoms with Gasteiger partial charge >= 0.3 is 5.97 Å². The molecular weight excluding hydrogens is 312 g/mol. The Labute approximate surface area is 139 Å². The number of hydrogen-bond acceptors (Lipinski definition) is 5. The molecule has 1 aliphatic heterocycles. The number of rotatable bonds is 4. The molecule has 120 valence electrons. The average Bonchev–Trinajstić information content (AvgIpc) is 2.55. The van der Waals surface area contributed by atoms with Crippen LogP contribution in [-0.2, 0) is 14.3 Å². The number of carbonyl (C=O) groups excluding carboxylic acids is 1. The molecule has 3 rings (SSSR count). The van der Waals surface area contributed by atoms with Gasteiger partial charge < -0.3 is 14.6 Å². The first-order valence-corrected chi connectivity index (χ1v) is 8.30. The van der Waals surface area contributed by atoms with E-state index in [-0.39, 0.29) is 18.0 Å². The number of carbonyl (C=O) groups is 1. The number of aliphatic hydroxyl groups is 1. The zero-order valence-corrected chi connectivity index (χ0v) is 13.5. The lowest BCUT2D eigenvalue weighted by atomic mass is 10.1.